The number of hydrogen-bond donors (Lipinski definition) is 2. The third-order valence-corrected chi connectivity index (χ3v) is 3.52. The van der Waals surface area contributed by atoms with Gasteiger partial charge in [-0.25, -0.2) is 0 Å². The summed E-state index contributed by atoms with van der Waals surface area (Å²) in [4.78, 5) is 3.94. The lowest BCUT2D eigenvalue weighted by molar-refractivity contribution is -0.0960. The van der Waals surface area contributed by atoms with E-state index in [1.807, 2.05) is 12.1 Å². The van der Waals surface area contributed by atoms with Crippen molar-refractivity contribution in [1.82, 2.24) is 4.98 Å². The van der Waals surface area contributed by atoms with E-state index in [-0.39, 0.29) is 0 Å². The van der Waals surface area contributed by atoms with Crippen molar-refractivity contribution in [2.45, 2.75) is 50.2 Å². The highest BCUT2D eigenvalue weighted by molar-refractivity contribution is 5.12. The number of hydrogen-bond acceptors (Lipinski definition) is 3. The van der Waals surface area contributed by atoms with E-state index in [4.69, 9.17) is 0 Å². The second kappa shape index (κ2) is 4.93. The van der Waals surface area contributed by atoms with Gasteiger partial charge in [0.05, 0.1) is 11.7 Å². The maximum Gasteiger partial charge on any atom is 0.0908 e. The van der Waals surface area contributed by atoms with Gasteiger partial charge in [0, 0.05) is 18.8 Å². The highest BCUT2D eigenvalue weighted by Crippen LogP contribution is 2.32. The summed E-state index contributed by atoms with van der Waals surface area (Å²) < 4.78 is 0. The Labute approximate surface area is 96.2 Å². The Morgan fingerprint density at radius 2 is 1.81 bits per heavy atom. The number of nitrogens with zero attached hydrogens (tertiary/aromatic N) is 1. The van der Waals surface area contributed by atoms with E-state index in [1.165, 1.54) is 6.42 Å². The number of pyridine rings is 1. The van der Waals surface area contributed by atoms with Crippen LogP contribution in [0.25, 0.3) is 0 Å². The highest BCUT2D eigenvalue weighted by Gasteiger charge is 2.36. The fourth-order valence-electron chi connectivity index (χ4n) is 2.43. The van der Waals surface area contributed by atoms with Crippen LogP contribution in [0.4, 0.5) is 0 Å². The van der Waals surface area contributed by atoms with Gasteiger partial charge in [-0.15, -0.1) is 0 Å². The lowest BCUT2D eigenvalue weighted by Crippen LogP contribution is -2.45. The molecule has 0 amide bonds. The molecule has 1 atom stereocenters. The standard InChI is InChI=1S/C13H19NO2/c15-12(10-11-4-8-14-9-5-11)13(16)6-2-1-3-7-13/h4-5,8-9,12,15-16H,1-3,6-7,10H2. The van der Waals surface area contributed by atoms with Crippen LogP contribution in [0.15, 0.2) is 24.5 Å². The quantitative estimate of drug-likeness (QED) is 0.816. The minimum Gasteiger partial charge on any atom is -0.390 e. The Kier molecular flexibility index (Phi) is 3.56. The molecule has 1 heterocycles. The molecule has 0 aliphatic heterocycles. The molecule has 0 aromatic carbocycles. The first-order valence-electron chi connectivity index (χ1n) is 6.00. The average molecular weight is 221 g/mol. The first-order chi connectivity index (χ1) is 7.71. The molecule has 1 unspecified atom stereocenters. The summed E-state index contributed by atoms with van der Waals surface area (Å²) in [6.45, 7) is 0. The smallest absolute Gasteiger partial charge is 0.0908 e. The minimum atomic E-state index is -0.873. The third-order valence-electron chi connectivity index (χ3n) is 3.52. The first-order valence-corrected chi connectivity index (χ1v) is 6.00. The molecule has 1 aromatic heterocycles. The molecular weight excluding hydrogens is 202 g/mol. The summed E-state index contributed by atoms with van der Waals surface area (Å²) in [7, 11) is 0. The predicted molar refractivity (Wildman–Crippen MR) is 62.0 cm³/mol. The van der Waals surface area contributed by atoms with Gasteiger partial charge in [-0.05, 0) is 30.5 Å². The molecule has 1 saturated carbocycles. The summed E-state index contributed by atoms with van der Waals surface area (Å²) in [5.74, 6) is 0. The zero-order valence-corrected chi connectivity index (χ0v) is 9.47. The Bertz CT molecular complexity index is 320. The fraction of sp³-hybridized carbons (Fsp3) is 0.615. The Morgan fingerprint density at radius 3 is 2.44 bits per heavy atom. The van der Waals surface area contributed by atoms with Crippen LogP contribution >= 0.6 is 0 Å². The van der Waals surface area contributed by atoms with Gasteiger partial charge in [0.25, 0.3) is 0 Å². The molecule has 1 fully saturated rings. The van der Waals surface area contributed by atoms with E-state index in [0.29, 0.717) is 6.42 Å². The van der Waals surface area contributed by atoms with E-state index in [1.54, 1.807) is 12.4 Å². The number of aromatic nitrogens is 1. The molecule has 1 aliphatic carbocycles. The van der Waals surface area contributed by atoms with Crippen LogP contribution < -0.4 is 0 Å². The van der Waals surface area contributed by atoms with Crippen LogP contribution in [-0.2, 0) is 6.42 Å². The van der Waals surface area contributed by atoms with Crippen molar-refractivity contribution in [2.75, 3.05) is 0 Å². The van der Waals surface area contributed by atoms with Crippen LogP contribution in [0.3, 0.4) is 0 Å². The Hall–Kier alpha value is -0.930. The topological polar surface area (TPSA) is 53.4 Å². The maximum atomic E-state index is 10.3. The molecule has 3 nitrogen and oxygen atoms in total. The molecular formula is C13H19NO2. The van der Waals surface area contributed by atoms with E-state index >= 15 is 0 Å². The predicted octanol–water partition coefficient (Wildman–Crippen LogP) is 1.68. The molecule has 1 aliphatic rings. The summed E-state index contributed by atoms with van der Waals surface area (Å²) in [6.07, 6.45) is 7.94. The van der Waals surface area contributed by atoms with Crippen LogP contribution in [0.1, 0.15) is 37.7 Å². The van der Waals surface area contributed by atoms with Crippen molar-refractivity contribution < 1.29 is 10.2 Å². The van der Waals surface area contributed by atoms with Gasteiger partial charge < -0.3 is 10.2 Å². The minimum absolute atomic E-state index is 0.513. The Balaban J connectivity index is 1.99. The van der Waals surface area contributed by atoms with Crippen LogP contribution in [-0.4, -0.2) is 26.9 Å². The van der Waals surface area contributed by atoms with E-state index < -0.39 is 11.7 Å². The molecule has 3 heteroatoms. The van der Waals surface area contributed by atoms with Gasteiger partial charge in [-0.1, -0.05) is 19.3 Å². The van der Waals surface area contributed by atoms with Crippen molar-refractivity contribution >= 4 is 0 Å². The second-order valence-corrected chi connectivity index (χ2v) is 4.74. The van der Waals surface area contributed by atoms with Crippen LogP contribution in [0.2, 0.25) is 0 Å². The maximum absolute atomic E-state index is 10.3. The molecule has 88 valence electrons. The average Bonchev–Trinajstić information content (AvgIpc) is 2.31. The number of aliphatic hydroxyl groups excluding tert-OH is 1. The van der Waals surface area contributed by atoms with Crippen molar-refractivity contribution in [1.29, 1.82) is 0 Å². The monoisotopic (exact) mass is 221 g/mol. The van der Waals surface area contributed by atoms with Gasteiger partial charge in [-0.3, -0.25) is 4.98 Å². The second-order valence-electron chi connectivity index (χ2n) is 4.74. The van der Waals surface area contributed by atoms with Gasteiger partial charge >= 0.3 is 0 Å². The molecule has 16 heavy (non-hydrogen) atoms. The first kappa shape index (κ1) is 11.6. The summed E-state index contributed by atoms with van der Waals surface area (Å²) in [5.41, 5.74) is 0.156. The molecule has 2 rings (SSSR count). The molecule has 0 saturated heterocycles. The van der Waals surface area contributed by atoms with E-state index in [9.17, 15) is 10.2 Å². The molecule has 2 N–H and O–H groups in total. The lowest BCUT2D eigenvalue weighted by atomic mass is 9.79. The van der Waals surface area contributed by atoms with Crippen molar-refractivity contribution in [3.05, 3.63) is 30.1 Å². The summed E-state index contributed by atoms with van der Waals surface area (Å²) in [5, 5.41) is 20.5. The van der Waals surface area contributed by atoms with Gasteiger partial charge in [-0.2, -0.15) is 0 Å². The zero-order valence-electron chi connectivity index (χ0n) is 9.47. The van der Waals surface area contributed by atoms with Gasteiger partial charge in [0.1, 0.15) is 0 Å². The number of rotatable bonds is 3. The Morgan fingerprint density at radius 1 is 1.19 bits per heavy atom. The molecule has 0 spiro atoms. The SMILES string of the molecule is OC(Cc1ccncc1)C1(O)CCCCC1. The van der Waals surface area contributed by atoms with Crippen LogP contribution in [0, 0.1) is 0 Å². The third kappa shape index (κ3) is 2.60. The number of aliphatic hydroxyl groups is 2. The molecule has 0 radical (unpaired) electrons. The van der Waals surface area contributed by atoms with Gasteiger partial charge in [0.15, 0.2) is 0 Å². The van der Waals surface area contributed by atoms with Crippen molar-refractivity contribution in [3.63, 3.8) is 0 Å². The normalized spacial score (nSPS) is 21.6. The highest BCUT2D eigenvalue weighted by atomic mass is 16.3. The molecule has 1 aromatic rings. The summed E-state index contributed by atoms with van der Waals surface area (Å²) >= 11 is 0. The summed E-state index contributed by atoms with van der Waals surface area (Å²) in [6, 6.07) is 3.77. The van der Waals surface area contributed by atoms with Crippen molar-refractivity contribution in [3.8, 4) is 0 Å². The largest absolute Gasteiger partial charge is 0.390 e. The van der Waals surface area contributed by atoms with E-state index in [2.05, 4.69) is 4.98 Å². The van der Waals surface area contributed by atoms with Gasteiger partial charge in [0.2, 0.25) is 0 Å². The van der Waals surface area contributed by atoms with E-state index in [0.717, 1.165) is 31.2 Å². The lowest BCUT2D eigenvalue weighted by Gasteiger charge is -2.36. The van der Waals surface area contributed by atoms with Crippen molar-refractivity contribution in [2.24, 2.45) is 0 Å². The van der Waals surface area contributed by atoms with Crippen LogP contribution in [0.5, 0.6) is 0 Å². The molecule has 0 bridgehead atoms. The fourth-order valence-corrected chi connectivity index (χ4v) is 2.43. The zero-order chi connectivity index (χ0) is 11.4.